The molecular weight excluding hydrogens is 790 g/mol. The molecule has 0 radical (unpaired) electrons. The first-order valence-electron chi connectivity index (χ1n) is 21.5. The first-order valence-corrected chi connectivity index (χ1v) is 24.5. The van der Waals surface area contributed by atoms with Crippen molar-refractivity contribution < 1.29 is 66.3 Å². The van der Waals surface area contributed by atoms with Crippen LogP contribution in [0.25, 0.3) is 0 Å². The van der Waals surface area contributed by atoms with E-state index in [4.69, 9.17) is 28.5 Å². The van der Waals surface area contributed by atoms with Gasteiger partial charge in [0.25, 0.3) is 0 Å². The van der Waals surface area contributed by atoms with Gasteiger partial charge in [-0.05, 0) is 77.0 Å². The molecule has 0 saturated carbocycles. The maximum Gasteiger partial charge on any atom is 0.472 e. The normalized spacial score (nSPS) is 18.0. The summed E-state index contributed by atoms with van der Waals surface area (Å²) in [6.07, 6.45) is 35.6. The molecule has 0 aliphatic carbocycles. The third kappa shape index (κ3) is 34.9. The number of esters is 2. The lowest BCUT2D eigenvalue weighted by molar-refractivity contribution is -0.161. The SMILES string of the molecule is CCCCC/C=C\C/C=C\CC1OC1C/C=C\CCCC(=O)OC[C@H](COP(=O)(O)OC[C@@H](O)COP(=O)(O)O)OC(=O)CCCCCCC/C=C\CCCCCC. The molecule has 5 atom stereocenters. The Morgan fingerprint density at radius 3 is 1.74 bits per heavy atom. The fourth-order valence-electron chi connectivity index (χ4n) is 5.67. The lowest BCUT2D eigenvalue weighted by atomic mass is 10.1. The molecule has 0 aromatic carbocycles. The van der Waals surface area contributed by atoms with Gasteiger partial charge in [-0.1, -0.05) is 114 Å². The van der Waals surface area contributed by atoms with Gasteiger partial charge in [0.15, 0.2) is 6.10 Å². The van der Waals surface area contributed by atoms with Crippen LogP contribution in [0.4, 0.5) is 0 Å². The van der Waals surface area contributed by atoms with Gasteiger partial charge < -0.3 is 34.0 Å². The summed E-state index contributed by atoms with van der Waals surface area (Å²) in [5.74, 6) is -1.12. The minimum absolute atomic E-state index is 0.105. The monoisotopic (exact) mass is 864 g/mol. The topological polar surface area (TPSA) is 208 Å². The Bertz CT molecular complexity index is 1280. The Hall–Kier alpha value is -1.96. The second-order valence-electron chi connectivity index (χ2n) is 14.6. The minimum Gasteiger partial charge on any atom is -0.462 e. The maximum atomic E-state index is 12.6. The fourth-order valence-corrected chi connectivity index (χ4v) is 6.83. The number of hydrogen-bond acceptors (Lipinski definition) is 11. The average molecular weight is 865 g/mol. The third-order valence-electron chi connectivity index (χ3n) is 9.08. The smallest absolute Gasteiger partial charge is 0.462 e. The third-order valence-corrected chi connectivity index (χ3v) is 10.5. The number of ether oxygens (including phenoxy) is 3. The Morgan fingerprint density at radius 2 is 1.07 bits per heavy atom. The van der Waals surface area contributed by atoms with E-state index in [0.29, 0.717) is 19.3 Å². The van der Waals surface area contributed by atoms with Crippen molar-refractivity contribution in [1.29, 1.82) is 0 Å². The van der Waals surface area contributed by atoms with Crippen molar-refractivity contribution >= 4 is 27.6 Å². The molecule has 1 saturated heterocycles. The number of aliphatic hydroxyl groups is 1. The van der Waals surface area contributed by atoms with Crippen LogP contribution >= 0.6 is 15.6 Å². The average Bonchev–Trinajstić information content (AvgIpc) is 3.94. The number of aliphatic hydroxyl groups excluding tert-OH is 1. The second kappa shape index (κ2) is 34.7. The Kier molecular flexibility index (Phi) is 32.4. The molecule has 0 amide bonds. The van der Waals surface area contributed by atoms with Crippen LogP contribution in [0.3, 0.4) is 0 Å². The van der Waals surface area contributed by atoms with Crippen molar-refractivity contribution in [1.82, 2.24) is 0 Å². The maximum absolute atomic E-state index is 12.6. The second-order valence-corrected chi connectivity index (χ2v) is 17.3. The lowest BCUT2D eigenvalue weighted by Crippen LogP contribution is -2.30. The molecule has 0 aromatic rings. The number of phosphoric ester groups is 2. The molecule has 16 heteroatoms. The number of epoxide rings is 1. The number of unbranched alkanes of at least 4 members (excludes halogenated alkanes) is 13. The van der Waals surface area contributed by atoms with Gasteiger partial charge in [0.2, 0.25) is 0 Å². The zero-order valence-electron chi connectivity index (χ0n) is 35.1. The molecule has 1 rings (SSSR count). The van der Waals surface area contributed by atoms with Gasteiger partial charge in [-0.3, -0.25) is 23.2 Å². The number of allylic oxidation sites excluding steroid dienone is 6. The van der Waals surface area contributed by atoms with E-state index in [1.165, 1.54) is 44.9 Å². The first kappa shape index (κ1) is 54.1. The van der Waals surface area contributed by atoms with Crippen LogP contribution in [0.2, 0.25) is 0 Å². The van der Waals surface area contributed by atoms with Gasteiger partial charge in [0.05, 0.1) is 32.0 Å². The number of hydrogen-bond donors (Lipinski definition) is 4. The summed E-state index contributed by atoms with van der Waals surface area (Å²) in [5, 5.41) is 9.74. The highest BCUT2D eigenvalue weighted by molar-refractivity contribution is 7.47. The molecule has 14 nitrogen and oxygen atoms in total. The Morgan fingerprint density at radius 1 is 0.586 bits per heavy atom. The molecule has 1 fully saturated rings. The molecule has 1 heterocycles. The molecule has 4 N–H and O–H groups in total. The summed E-state index contributed by atoms with van der Waals surface area (Å²) in [6, 6.07) is 0. The largest absolute Gasteiger partial charge is 0.472 e. The van der Waals surface area contributed by atoms with E-state index in [1.54, 1.807) is 0 Å². The van der Waals surface area contributed by atoms with Gasteiger partial charge >= 0.3 is 27.6 Å². The van der Waals surface area contributed by atoms with Crippen LogP contribution < -0.4 is 0 Å². The quantitative estimate of drug-likeness (QED) is 0.0149. The summed E-state index contributed by atoms with van der Waals surface area (Å²) in [4.78, 5) is 52.7. The summed E-state index contributed by atoms with van der Waals surface area (Å²) in [7, 11) is -9.69. The molecule has 58 heavy (non-hydrogen) atoms. The molecular formula is C42H74O14P2. The highest BCUT2D eigenvalue weighted by atomic mass is 31.2. The predicted octanol–water partition coefficient (Wildman–Crippen LogP) is 9.66. The highest BCUT2D eigenvalue weighted by Gasteiger charge is 2.36. The number of rotatable bonds is 39. The van der Waals surface area contributed by atoms with Gasteiger partial charge in [-0.25, -0.2) is 9.13 Å². The van der Waals surface area contributed by atoms with Crippen LogP contribution in [0, 0.1) is 0 Å². The molecule has 0 spiro atoms. The van der Waals surface area contributed by atoms with Crippen molar-refractivity contribution in [2.24, 2.45) is 0 Å². The molecule has 0 bridgehead atoms. The number of carbonyl (C=O) groups excluding carboxylic acids is 2. The zero-order valence-corrected chi connectivity index (χ0v) is 36.9. The standard InChI is InChI=1S/C42H74O14P2/c1-3-5-7-9-11-13-14-15-16-18-20-22-28-32-42(45)55-38(36-54-58(49,50)53-34-37(43)33-52-57(46,47)48)35-51-41(44)31-27-24-23-26-30-40-39(56-40)29-25-21-19-17-12-10-8-6-4-2/h12-14,17,21,23,25-26,37-40,43H,3-11,15-16,18-20,22,24,27-36H2,1-2H3,(H,49,50)(H2,46,47,48)/b14-13-,17-12-,25-21-,26-23-/t37-,38+,39?,40?/m0/s1. The van der Waals surface area contributed by atoms with Crippen LogP contribution in [0.15, 0.2) is 48.6 Å². The van der Waals surface area contributed by atoms with Gasteiger partial charge in [0, 0.05) is 12.8 Å². The highest BCUT2D eigenvalue weighted by Crippen LogP contribution is 2.44. The molecule has 0 aromatic heterocycles. The van der Waals surface area contributed by atoms with Crippen molar-refractivity contribution in [3.05, 3.63) is 48.6 Å². The molecule has 3 unspecified atom stereocenters. The summed E-state index contributed by atoms with van der Waals surface area (Å²) >= 11 is 0. The van der Waals surface area contributed by atoms with E-state index in [2.05, 4.69) is 65.4 Å². The van der Waals surface area contributed by atoms with E-state index < -0.39 is 66.2 Å². The molecule has 1 aliphatic rings. The Balaban J connectivity index is 2.42. The van der Waals surface area contributed by atoms with E-state index in [-0.39, 0.29) is 25.0 Å². The van der Waals surface area contributed by atoms with Gasteiger partial charge in [-0.15, -0.1) is 0 Å². The number of carbonyl (C=O) groups is 2. The van der Waals surface area contributed by atoms with Crippen LogP contribution in [-0.2, 0) is 46.5 Å². The summed E-state index contributed by atoms with van der Waals surface area (Å²) < 4.78 is 53.4. The van der Waals surface area contributed by atoms with Gasteiger partial charge in [-0.2, -0.15) is 0 Å². The first-order chi connectivity index (χ1) is 27.8. The van der Waals surface area contributed by atoms with E-state index in [0.717, 1.165) is 64.2 Å². The van der Waals surface area contributed by atoms with Crippen molar-refractivity contribution in [2.75, 3.05) is 26.4 Å². The van der Waals surface area contributed by atoms with Crippen LogP contribution in [0.1, 0.15) is 155 Å². The van der Waals surface area contributed by atoms with Crippen LogP contribution in [-0.4, -0.2) is 82.6 Å². The Labute approximate surface area is 347 Å². The van der Waals surface area contributed by atoms with Crippen LogP contribution in [0.5, 0.6) is 0 Å². The minimum atomic E-state index is -4.87. The van der Waals surface area contributed by atoms with Crippen molar-refractivity contribution in [3.63, 3.8) is 0 Å². The predicted molar refractivity (Wildman–Crippen MR) is 225 cm³/mol. The lowest BCUT2D eigenvalue weighted by Gasteiger charge is -2.20. The van der Waals surface area contributed by atoms with Gasteiger partial charge in [0.1, 0.15) is 12.7 Å². The fraction of sp³-hybridized carbons (Fsp3) is 0.762. The summed E-state index contributed by atoms with van der Waals surface area (Å²) in [6.45, 7) is 1.62. The van der Waals surface area contributed by atoms with Crippen molar-refractivity contribution in [2.45, 2.75) is 180 Å². The summed E-state index contributed by atoms with van der Waals surface area (Å²) in [5.41, 5.74) is 0. The molecule has 336 valence electrons. The van der Waals surface area contributed by atoms with Crippen molar-refractivity contribution in [3.8, 4) is 0 Å². The van der Waals surface area contributed by atoms with E-state index >= 15 is 0 Å². The molecule has 1 aliphatic heterocycles. The van der Waals surface area contributed by atoms with E-state index in [1.807, 2.05) is 6.08 Å². The zero-order chi connectivity index (χ0) is 42.7. The number of phosphoric acid groups is 2. The van der Waals surface area contributed by atoms with E-state index in [9.17, 15) is 28.7 Å².